The van der Waals surface area contributed by atoms with Gasteiger partial charge in [0.25, 0.3) is 0 Å². The van der Waals surface area contributed by atoms with E-state index in [-0.39, 0.29) is 42.3 Å². The summed E-state index contributed by atoms with van der Waals surface area (Å²) in [5.41, 5.74) is 0. The third-order valence-corrected chi connectivity index (χ3v) is 5.02. The summed E-state index contributed by atoms with van der Waals surface area (Å²) in [5.74, 6) is -0.344. The zero-order valence-electron chi connectivity index (χ0n) is 12.0. The average Bonchev–Trinajstić information content (AvgIpc) is 2.36. The van der Waals surface area contributed by atoms with Gasteiger partial charge in [0.15, 0.2) is 9.84 Å². The molecule has 0 spiro atoms. The Hall–Kier alpha value is -1.15. The van der Waals surface area contributed by atoms with Gasteiger partial charge in [-0.05, 0) is 13.8 Å². The van der Waals surface area contributed by atoms with Crippen molar-refractivity contribution >= 4 is 21.7 Å². The summed E-state index contributed by atoms with van der Waals surface area (Å²) in [5, 5.41) is 5.54. The summed E-state index contributed by atoms with van der Waals surface area (Å²) in [7, 11) is -3.05. The van der Waals surface area contributed by atoms with Crippen molar-refractivity contribution in [3.63, 3.8) is 0 Å². The first-order valence-corrected chi connectivity index (χ1v) is 8.68. The largest absolute Gasteiger partial charge is 0.347 e. The lowest BCUT2D eigenvalue weighted by Gasteiger charge is -2.23. The van der Waals surface area contributed by atoms with Crippen LogP contribution in [-0.4, -0.2) is 68.9 Å². The first kappa shape index (κ1) is 16.9. The molecule has 0 radical (unpaired) electrons. The lowest BCUT2D eigenvalue weighted by atomic mass is 10.2. The Kier molecular flexibility index (Phi) is 6.41. The Morgan fingerprint density at radius 1 is 1.30 bits per heavy atom. The molecule has 1 saturated heterocycles. The fourth-order valence-corrected chi connectivity index (χ4v) is 3.60. The van der Waals surface area contributed by atoms with Crippen molar-refractivity contribution < 1.29 is 18.0 Å². The molecule has 1 unspecified atom stereocenters. The Morgan fingerprint density at radius 3 is 2.50 bits per heavy atom. The normalized spacial score (nSPS) is 21.2. The van der Waals surface area contributed by atoms with Gasteiger partial charge in [0, 0.05) is 32.1 Å². The average molecular weight is 305 g/mol. The SMILES string of the molecule is CCN(CC)C(=O)CNC(=O)CC1CS(=O)(=O)CCN1. The molecule has 0 aromatic heterocycles. The Morgan fingerprint density at radius 2 is 1.95 bits per heavy atom. The topological polar surface area (TPSA) is 95.6 Å². The number of sulfone groups is 1. The molecular weight excluding hydrogens is 282 g/mol. The second-order valence-corrected chi connectivity index (χ2v) is 7.04. The van der Waals surface area contributed by atoms with Crippen LogP contribution in [0.3, 0.4) is 0 Å². The van der Waals surface area contributed by atoms with Crippen LogP contribution in [0, 0.1) is 0 Å². The number of rotatable bonds is 6. The molecule has 2 amide bonds. The summed E-state index contributed by atoms with van der Waals surface area (Å²) in [6.45, 7) is 5.29. The monoisotopic (exact) mass is 305 g/mol. The molecule has 116 valence electrons. The number of likely N-dealkylation sites (N-methyl/N-ethyl adjacent to an activating group) is 1. The van der Waals surface area contributed by atoms with E-state index in [1.807, 2.05) is 13.8 Å². The molecule has 1 aliphatic heterocycles. The molecule has 0 aliphatic carbocycles. The molecule has 20 heavy (non-hydrogen) atoms. The standard InChI is InChI=1S/C12H23N3O4S/c1-3-15(4-2)12(17)8-14-11(16)7-10-9-20(18,19)6-5-13-10/h10,13H,3-9H2,1-2H3,(H,14,16). The zero-order valence-corrected chi connectivity index (χ0v) is 12.8. The second-order valence-electron chi connectivity index (χ2n) is 4.81. The van der Waals surface area contributed by atoms with E-state index in [1.54, 1.807) is 4.90 Å². The van der Waals surface area contributed by atoms with Gasteiger partial charge in [-0.25, -0.2) is 8.42 Å². The van der Waals surface area contributed by atoms with Gasteiger partial charge in [0.1, 0.15) is 0 Å². The van der Waals surface area contributed by atoms with Gasteiger partial charge in [-0.2, -0.15) is 0 Å². The number of carbonyl (C=O) groups is 2. The highest BCUT2D eigenvalue weighted by Crippen LogP contribution is 2.04. The van der Waals surface area contributed by atoms with E-state index >= 15 is 0 Å². The van der Waals surface area contributed by atoms with Crippen LogP contribution >= 0.6 is 0 Å². The van der Waals surface area contributed by atoms with Gasteiger partial charge in [0.05, 0.1) is 18.1 Å². The molecule has 0 aromatic rings. The van der Waals surface area contributed by atoms with Gasteiger partial charge in [0.2, 0.25) is 11.8 Å². The van der Waals surface area contributed by atoms with Gasteiger partial charge >= 0.3 is 0 Å². The van der Waals surface area contributed by atoms with Crippen molar-refractivity contribution in [1.29, 1.82) is 0 Å². The van der Waals surface area contributed by atoms with Crippen LogP contribution in [0.15, 0.2) is 0 Å². The third kappa shape index (κ3) is 5.46. The highest BCUT2D eigenvalue weighted by molar-refractivity contribution is 7.91. The maximum atomic E-state index is 11.7. The first-order chi connectivity index (χ1) is 9.38. The van der Waals surface area contributed by atoms with Gasteiger partial charge in [-0.3, -0.25) is 9.59 Å². The van der Waals surface area contributed by atoms with Crippen molar-refractivity contribution in [2.45, 2.75) is 26.3 Å². The predicted molar refractivity (Wildman–Crippen MR) is 76.0 cm³/mol. The Balaban J connectivity index is 2.35. The Bertz CT molecular complexity index is 446. The molecule has 1 atom stereocenters. The fraction of sp³-hybridized carbons (Fsp3) is 0.833. The highest BCUT2D eigenvalue weighted by Gasteiger charge is 2.26. The van der Waals surface area contributed by atoms with Gasteiger partial charge in [-0.1, -0.05) is 0 Å². The van der Waals surface area contributed by atoms with Crippen molar-refractivity contribution in [2.24, 2.45) is 0 Å². The second kappa shape index (κ2) is 7.58. The van der Waals surface area contributed by atoms with Crippen LogP contribution in [0.2, 0.25) is 0 Å². The molecule has 0 aromatic carbocycles. The molecule has 0 bridgehead atoms. The minimum absolute atomic E-state index is 0.0234. The quantitative estimate of drug-likeness (QED) is 0.639. The molecule has 1 fully saturated rings. The van der Waals surface area contributed by atoms with Crippen molar-refractivity contribution in [3.8, 4) is 0 Å². The predicted octanol–water partition coefficient (Wildman–Crippen LogP) is -1.25. The van der Waals surface area contributed by atoms with E-state index in [1.165, 1.54) is 0 Å². The van der Waals surface area contributed by atoms with Crippen LogP contribution in [0.5, 0.6) is 0 Å². The number of amides is 2. The molecular formula is C12H23N3O4S. The summed E-state index contributed by atoms with van der Waals surface area (Å²) < 4.78 is 22.9. The van der Waals surface area contributed by atoms with Crippen LogP contribution in [-0.2, 0) is 19.4 Å². The summed E-state index contributed by atoms with van der Waals surface area (Å²) in [4.78, 5) is 25.0. The van der Waals surface area contributed by atoms with E-state index in [4.69, 9.17) is 0 Å². The molecule has 7 nitrogen and oxygen atoms in total. The first-order valence-electron chi connectivity index (χ1n) is 6.86. The van der Waals surface area contributed by atoms with E-state index in [2.05, 4.69) is 10.6 Å². The Labute approximate surface area is 120 Å². The van der Waals surface area contributed by atoms with Crippen LogP contribution in [0.1, 0.15) is 20.3 Å². The lowest BCUT2D eigenvalue weighted by Crippen LogP contribution is -2.48. The molecule has 1 rings (SSSR count). The van der Waals surface area contributed by atoms with E-state index in [9.17, 15) is 18.0 Å². The summed E-state index contributed by atoms with van der Waals surface area (Å²) in [6, 6.07) is -0.364. The molecule has 2 N–H and O–H groups in total. The van der Waals surface area contributed by atoms with Gasteiger partial charge in [-0.15, -0.1) is 0 Å². The number of hydrogen-bond donors (Lipinski definition) is 2. The highest BCUT2D eigenvalue weighted by atomic mass is 32.2. The van der Waals surface area contributed by atoms with Crippen LogP contribution < -0.4 is 10.6 Å². The van der Waals surface area contributed by atoms with Crippen LogP contribution in [0.4, 0.5) is 0 Å². The third-order valence-electron chi connectivity index (χ3n) is 3.29. The fourth-order valence-electron chi connectivity index (χ4n) is 2.16. The maximum Gasteiger partial charge on any atom is 0.241 e. The van der Waals surface area contributed by atoms with Crippen molar-refractivity contribution in [3.05, 3.63) is 0 Å². The minimum Gasteiger partial charge on any atom is -0.347 e. The minimum atomic E-state index is -3.05. The van der Waals surface area contributed by atoms with Crippen LogP contribution in [0.25, 0.3) is 0 Å². The molecule has 1 aliphatic rings. The molecule has 0 saturated carbocycles. The zero-order chi connectivity index (χ0) is 15.2. The van der Waals surface area contributed by atoms with Crippen molar-refractivity contribution in [2.75, 3.05) is 37.7 Å². The van der Waals surface area contributed by atoms with E-state index in [0.717, 1.165) is 0 Å². The molecule has 8 heteroatoms. The number of hydrogen-bond acceptors (Lipinski definition) is 5. The maximum absolute atomic E-state index is 11.7. The summed E-state index contributed by atoms with van der Waals surface area (Å²) in [6.07, 6.45) is 0.0742. The number of nitrogens with zero attached hydrogens (tertiary/aromatic N) is 1. The molecule has 1 heterocycles. The summed E-state index contributed by atoms with van der Waals surface area (Å²) >= 11 is 0. The van der Waals surface area contributed by atoms with Crippen molar-refractivity contribution in [1.82, 2.24) is 15.5 Å². The van der Waals surface area contributed by atoms with E-state index < -0.39 is 9.84 Å². The number of carbonyl (C=O) groups excluding carboxylic acids is 2. The smallest absolute Gasteiger partial charge is 0.241 e. The van der Waals surface area contributed by atoms with Gasteiger partial charge < -0.3 is 15.5 Å². The number of nitrogens with one attached hydrogen (secondary N) is 2. The van der Waals surface area contributed by atoms with E-state index in [0.29, 0.717) is 19.6 Å². The lowest BCUT2D eigenvalue weighted by molar-refractivity contribution is -0.132.